The van der Waals surface area contributed by atoms with Crippen molar-refractivity contribution in [3.8, 4) is 11.1 Å². The lowest BCUT2D eigenvalue weighted by atomic mass is 10.1. The van der Waals surface area contributed by atoms with Gasteiger partial charge in [0.15, 0.2) is 0 Å². The van der Waals surface area contributed by atoms with Gasteiger partial charge in [0.2, 0.25) is 5.13 Å². The van der Waals surface area contributed by atoms with Crippen LogP contribution in [0.25, 0.3) is 22.2 Å². The summed E-state index contributed by atoms with van der Waals surface area (Å²) in [5, 5.41) is 13.4. The van der Waals surface area contributed by atoms with E-state index in [1.165, 1.54) is 0 Å². The van der Waals surface area contributed by atoms with Crippen molar-refractivity contribution in [2.24, 2.45) is 0 Å². The van der Waals surface area contributed by atoms with Crippen LogP contribution in [0.3, 0.4) is 0 Å². The SMILES string of the molecule is CC(C)c1nnc(Nc2ccc3nccc(-c4cccnc4)c3n2)s1. The molecule has 0 saturated carbocycles. The van der Waals surface area contributed by atoms with Crippen LogP contribution in [0.5, 0.6) is 0 Å². The molecule has 0 saturated heterocycles. The zero-order valence-electron chi connectivity index (χ0n) is 13.8. The van der Waals surface area contributed by atoms with Gasteiger partial charge in [0.25, 0.3) is 0 Å². The molecule has 0 amide bonds. The summed E-state index contributed by atoms with van der Waals surface area (Å²) in [7, 11) is 0. The van der Waals surface area contributed by atoms with E-state index in [1.807, 2.05) is 36.5 Å². The highest BCUT2D eigenvalue weighted by atomic mass is 32.1. The first-order valence-electron chi connectivity index (χ1n) is 7.97. The monoisotopic (exact) mass is 348 g/mol. The molecule has 25 heavy (non-hydrogen) atoms. The van der Waals surface area contributed by atoms with Gasteiger partial charge in [0, 0.05) is 35.6 Å². The molecule has 0 aromatic carbocycles. The number of hydrogen-bond donors (Lipinski definition) is 1. The molecule has 0 aliphatic carbocycles. The van der Waals surface area contributed by atoms with Crippen LogP contribution in [0.1, 0.15) is 24.8 Å². The van der Waals surface area contributed by atoms with E-state index >= 15 is 0 Å². The third kappa shape index (κ3) is 3.18. The average molecular weight is 348 g/mol. The minimum atomic E-state index is 0.360. The minimum absolute atomic E-state index is 0.360. The van der Waals surface area contributed by atoms with Crippen molar-refractivity contribution in [3.05, 3.63) is 53.9 Å². The second-order valence-corrected chi connectivity index (χ2v) is 6.90. The van der Waals surface area contributed by atoms with Gasteiger partial charge >= 0.3 is 0 Å². The highest BCUT2D eigenvalue weighted by Gasteiger charge is 2.10. The molecule has 4 aromatic rings. The lowest BCUT2D eigenvalue weighted by molar-refractivity contribution is 0.825. The van der Waals surface area contributed by atoms with E-state index in [9.17, 15) is 0 Å². The maximum Gasteiger partial charge on any atom is 0.211 e. The van der Waals surface area contributed by atoms with E-state index in [0.717, 1.165) is 38.1 Å². The Morgan fingerprint density at radius 2 is 1.96 bits per heavy atom. The zero-order valence-corrected chi connectivity index (χ0v) is 14.7. The number of fused-ring (bicyclic) bond motifs is 1. The van der Waals surface area contributed by atoms with Crippen LogP contribution >= 0.6 is 11.3 Å². The Labute approximate surface area is 149 Å². The predicted molar refractivity (Wildman–Crippen MR) is 100 cm³/mol. The molecule has 0 atom stereocenters. The van der Waals surface area contributed by atoms with Crippen molar-refractivity contribution in [1.29, 1.82) is 0 Å². The Bertz CT molecular complexity index is 1010. The minimum Gasteiger partial charge on any atom is -0.315 e. The topological polar surface area (TPSA) is 76.5 Å². The standard InChI is InChI=1S/C18H16N6S/c1-11(2)17-23-24-18(25-17)22-15-6-5-14-16(21-15)13(7-9-20-14)12-4-3-8-19-10-12/h3-11H,1-2H3,(H,21,22,24). The Hall–Kier alpha value is -2.93. The molecule has 7 heteroatoms. The molecule has 0 aliphatic heterocycles. The molecule has 0 aliphatic rings. The maximum absolute atomic E-state index is 4.74. The highest BCUT2D eigenvalue weighted by molar-refractivity contribution is 7.15. The largest absolute Gasteiger partial charge is 0.315 e. The van der Waals surface area contributed by atoms with Gasteiger partial charge in [-0.25, -0.2) is 4.98 Å². The highest BCUT2D eigenvalue weighted by Crippen LogP contribution is 2.28. The van der Waals surface area contributed by atoms with Crippen molar-refractivity contribution in [2.75, 3.05) is 5.32 Å². The number of rotatable bonds is 4. The second-order valence-electron chi connectivity index (χ2n) is 5.89. The summed E-state index contributed by atoms with van der Waals surface area (Å²) in [5.74, 6) is 1.08. The summed E-state index contributed by atoms with van der Waals surface area (Å²) >= 11 is 1.54. The van der Waals surface area contributed by atoms with E-state index in [0.29, 0.717) is 5.92 Å². The van der Waals surface area contributed by atoms with Gasteiger partial charge in [0.05, 0.1) is 11.0 Å². The number of aromatic nitrogens is 5. The van der Waals surface area contributed by atoms with Gasteiger partial charge in [-0.2, -0.15) is 0 Å². The number of hydrogen-bond acceptors (Lipinski definition) is 7. The molecule has 4 rings (SSSR count). The molecule has 0 radical (unpaired) electrons. The number of nitrogens with zero attached hydrogens (tertiary/aromatic N) is 5. The van der Waals surface area contributed by atoms with E-state index in [2.05, 4.69) is 39.3 Å². The van der Waals surface area contributed by atoms with Crippen LogP contribution in [0.2, 0.25) is 0 Å². The van der Waals surface area contributed by atoms with Gasteiger partial charge in [-0.1, -0.05) is 31.3 Å². The molecule has 124 valence electrons. The first-order chi connectivity index (χ1) is 12.2. The summed E-state index contributed by atoms with van der Waals surface area (Å²) in [5.41, 5.74) is 3.68. The predicted octanol–water partition coefficient (Wildman–Crippen LogP) is 4.41. The fourth-order valence-corrected chi connectivity index (χ4v) is 3.23. The van der Waals surface area contributed by atoms with Crippen molar-refractivity contribution >= 4 is 33.3 Å². The Morgan fingerprint density at radius 1 is 1.04 bits per heavy atom. The summed E-state index contributed by atoms with van der Waals surface area (Å²) in [4.78, 5) is 13.3. The molecule has 6 nitrogen and oxygen atoms in total. The van der Waals surface area contributed by atoms with Crippen molar-refractivity contribution in [1.82, 2.24) is 25.1 Å². The first-order valence-corrected chi connectivity index (χ1v) is 8.79. The van der Waals surface area contributed by atoms with Gasteiger partial charge in [-0.3, -0.25) is 9.97 Å². The molecule has 0 spiro atoms. The van der Waals surface area contributed by atoms with E-state index < -0.39 is 0 Å². The molecular weight excluding hydrogens is 332 g/mol. The van der Waals surface area contributed by atoms with Crippen LogP contribution in [0.4, 0.5) is 10.9 Å². The van der Waals surface area contributed by atoms with Crippen molar-refractivity contribution < 1.29 is 0 Å². The van der Waals surface area contributed by atoms with Crippen molar-refractivity contribution in [3.63, 3.8) is 0 Å². The van der Waals surface area contributed by atoms with Gasteiger partial charge in [-0.15, -0.1) is 10.2 Å². The summed E-state index contributed by atoms with van der Waals surface area (Å²) in [6.07, 6.45) is 5.38. The zero-order chi connectivity index (χ0) is 17.2. The van der Waals surface area contributed by atoms with E-state index in [1.54, 1.807) is 23.7 Å². The van der Waals surface area contributed by atoms with E-state index in [-0.39, 0.29) is 0 Å². The van der Waals surface area contributed by atoms with E-state index in [4.69, 9.17) is 4.98 Å². The summed E-state index contributed by atoms with van der Waals surface area (Å²) < 4.78 is 0. The lowest BCUT2D eigenvalue weighted by Gasteiger charge is -2.07. The normalized spacial score (nSPS) is 11.2. The fourth-order valence-electron chi connectivity index (χ4n) is 2.48. The Morgan fingerprint density at radius 3 is 2.72 bits per heavy atom. The summed E-state index contributed by atoms with van der Waals surface area (Å²) in [6, 6.07) is 9.74. The molecule has 0 unspecified atom stereocenters. The molecule has 1 N–H and O–H groups in total. The van der Waals surface area contributed by atoms with Gasteiger partial charge in [0.1, 0.15) is 10.8 Å². The number of anilines is 2. The maximum atomic E-state index is 4.74. The van der Waals surface area contributed by atoms with Crippen LogP contribution in [-0.4, -0.2) is 25.1 Å². The lowest BCUT2D eigenvalue weighted by Crippen LogP contribution is -1.95. The third-order valence-electron chi connectivity index (χ3n) is 3.73. The first kappa shape index (κ1) is 15.6. The molecule has 4 aromatic heterocycles. The Balaban J connectivity index is 1.73. The number of pyridine rings is 3. The number of nitrogens with one attached hydrogen (secondary N) is 1. The van der Waals surface area contributed by atoms with Crippen LogP contribution in [0, 0.1) is 0 Å². The quantitative estimate of drug-likeness (QED) is 0.589. The van der Waals surface area contributed by atoms with Crippen molar-refractivity contribution in [2.45, 2.75) is 19.8 Å². The fraction of sp³-hybridized carbons (Fsp3) is 0.167. The van der Waals surface area contributed by atoms with Gasteiger partial charge < -0.3 is 5.32 Å². The smallest absolute Gasteiger partial charge is 0.211 e. The summed E-state index contributed by atoms with van der Waals surface area (Å²) in [6.45, 7) is 4.20. The van der Waals surface area contributed by atoms with Crippen LogP contribution in [0.15, 0.2) is 48.9 Å². The van der Waals surface area contributed by atoms with Gasteiger partial charge in [-0.05, 0) is 24.3 Å². The third-order valence-corrected chi connectivity index (χ3v) is 4.87. The second kappa shape index (κ2) is 6.52. The molecule has 4 heterocycles. The molecule has 0 fully saturated rings. The Kier molecular flexibility index (Phi) is 4.07. The van der Waals surface area contributed by atoms with Crippen LogP contribution < -0.4 is 5.32 Å². The van der Waals surface area contributed by atoms with Crippen LogP contribution in [-0.2, 0) is 0 Å². The average Bonchev–Trinajstić information content (AvgIpc) is 3.11. The molecular formula is C18H16N6S. The molecule has 0 bridgehead atoms.